The lowest BCUT2D eigenvalue weighted by molar-refractivity contribution is -0.133. The molecule has 2 aliphatic rings. The molecule has 0 saturated carbocycles. The predicted molar refractivity (Wildman–Crippen MR) is 87.9 cm³/mol. The van der Waals surface area contributed by atoms with Crippen molar-refractivity contribution >= 4 is 23.3 Å². The molecule has 3 heterocycles. The third-order valence-electron chi connectivity index (χ3n) is 4.36. The van der Waals surface area contributed by atoms with E-state index in [2.05, 4.69) is 0 Å². The average Bonchev–Trinajstić information content (AvgIpc) is 3.16. The molecule has 2 atom stereocenters. The molecular formula is C17H23NO3S. The summed E-state index contributed by atoms with van der Waals surface area (Å²) in [5.74, 6) is 0.0796. The molecule has 5 heteroatoms. The average molecular weight is 321 g/mol. The third kappa shape index (κ3) is 3.59. The van der Waals surface area contributed by atoms with Gasteiger partial charge < -0.3 is 14.4 Å². The molecule has 2 fully saturated rings. The Morgan fingerprint density at radius 2 is 2.55 bits per heavy atom. The van der Waals surface area contributed by atoms with Crippen molar-refractivity contribution in [3.05, 3.63) is 28.5 Å². The Morgan fingerprint density at radius 1 is 1.64 bits per heavy atom. The van der Waals surface area contributed by atoms with Crippen molar-refractivity contribution < 1.29 is 14.3 Å². The molecule has 1 aromatic rings. The van der Waals surface area contributed by atoms with Gasteiger partial charge in [-0.05, 0) is 37.3 Å². The molecule has 1 spiro atoms. The normalized spacial score (nSPS) is 28.8. The molecule has 1 amide bonds. The molecule has 0 N–H and O–H groups in total. The first-order valence-corrected chi connectivity index (χ1v) is 8.85. The van der Waals surface area contributed by atoms with E-state index in [-0.39, 0.29) is 17.6 Å². The monoisotopic (exact) mass is 321 g/mol. The highest BCUT2D eigenvalue weighted by atomic mass is 32.1. The van der Waals surface area contributed by atoms with Crippen molar-refractivity contribution in [3.8, 4) is 0 Å². The molecule has 2 saturated heterocycles. The first kappa shape index (κ1) is 15.7. The molecule has 1 aromatic heterocycles. The molecule has 0 aromatic carbocycles. The standard InChI is InChI=1S/C17H23NO3S/c1-2-20-14-11-17(21-12-14)8-4-9-18(13-17)16(19)7-6-15-5-3-10-22-15/h3,5-7,10,14H,2,4,8-9,11-13H2,1H3/b7-6+/t14-,17-/m0/s1. The number of carbonyl (C=O) groups is 1. The maximum Gasteiger partial charge on any atom is 0.246 e. The van der Waals surface area contributed by atoms with Gasteiger partial charge in [0.2, 0.25) is 5.91 Å². The van der Waals surface area contributed by atoms with Crippen LogP contribution in [-0.4, -0.2) is 48.8 Å². The van der Waals surface area contributed by atoms with Crippen LogP contribution >= 0.6 is 11.3 Å². The van der Waals surface area contributed by atoms with E-state index >= 15 is 0 Å². The van der Waals surface area contributed by atoms with Crippen LogP contribution in [0.4, 0.5) is 0 Å². The highest BCUT2D eigenvalue weighted by molar-refractivity contribution is 7.10. The van der Waals surface area contributed by atoms with Gasteiger partial charge in [-0.15, -0.1) is 11.3 Å². The highest BCUT2D eigenvalue weighted by Gasteiger charge is 2.44. The van der Waals surface area contributed by atoms with E-state index in [1.807, 2.05) is 35.4 Å². The Kier molecular flexibility index (Phi) is 4.96. The number of amides is 1. The first-order valence-electron chi connectivity index (χ1n) is 7.97. The fourth-order valence-electron chi connectivity index (χ4n) is 3.36. The molecule has 0 aliphatic carbocycles. The summed E-state index contributed by atoms with van der Waals surface area (Å²) in [7, 11) is 0. The summed E-state index contributed by atoms with van der Waals surface area (Å²) in [5, 5.41) is 2.01. The Morgan fingerprint density at radius 3 is 3.32 bits per heavy atom. The van der Waals surface area contributed by atoms with E-state index in [1.54, 1.807) is 17.4 Å². The summed E-state index contributed by atoms with van der Waals surface area (Å²) < 4.78 is 11.7. The largest absolute Gasteiger partial charge is 0.376 e. The number of piperidine rings is 1. The van der Waals surface area contributed by atoms with Crippen LogP contribution in [0.3, 0.4) is 0 Å². The van der Waals surface area contributed by atoms with Crippen LogP contribution in [0, 0.1) is 0 Å². The Hall–Kier alpha value is -1.17. The summed E-state index contributed by atoms with van der Waals surface area (Å²) in [6.45, 7) is 4.89. The Balaban J connectivity index is 1.60. The lowest BCUT2D eigenvalue weighted by atomic mass is 9.89. The number of likely N-dealkylation sites (tertiary alicyclic amines) is 1. The predicted octanol–water partition coefficient (Wildman–Crippen LogP) is 2.95. The van der Waals surface area contributed by atoms with E-state index in [0.29, 0.717) is 13.2 Å². The second kappa shape index (κ2) is 6.94. The topological polar surface area (TPSA) is 38.8 Å². The van der Waals surface area contributed by atoms with Crippen molar-refractivity contribution in [3.63, 3.8) is 0 Å². The molecule has 22 heavy (non-hydrogen) atoms. The second-order valence-corrected chi connectivity index (χ2v) is 6.97. The van der Waals surface area contributed by atoms with Crippen molar-refractivity contribution in [1.29, 1.82) is 0 Å². The molecule has 3 rings (SSSR count). The number of nitrogens with zero attached hydrogens (tertiary/aromatic N) is 1. The van der Waals surface area contributed by atoms with Crippen LogP contribution < -0.4 is 0 Å². The van der Waals surface area contributed by atoms with Gasteiger partial charge in [-0.3, -0.25) is 4.79 Å². The van der Waals surface area contributed by atoms with Crippen molar-refractivity contribution in [1.82, 2.24) is 4.90 Å². The van der Waals surface area contributed by atoms with Crippen LogP contribution in [0.2, 0.25) is 0 Å². The van der Waals surface area contributed by atoms with Gasteiger partial charge in [-0.25, -0.2) is 0 Å². The van der Waals surface area contributed by atoms with E-state index < -0.39 is 0 Å². The fourth-order valence-corrected chi connectivity index (χ4v) is 3.98. The van der Waals surface area contributed by atoms with E-state index in [1.165, 1.54) is 0 Å². The van der Waals surface area contributed by atoms with Crippen LogP contribution in [0.15, 0.2) is 23.6 Å². The Bertz CT molecular complexity index is 528. The van der Waals surface area contributed by atoms with E-state index in [0.717, 1.165) is 37.3 Å². The minimum Gasteiger partial charge on any atom is -0.376 e. The molecule has 0 bridgehead atoms. The Labute approximate surface area is 135 Å². The second-order valence-electron chi connectivity index (χ2n) is 5.99. The maximum absolute atomic E-state index is 12.4. The van der Waals surface area contributed by atoms with Gasteiger partial charge >= 0.3 is 0 Å². The summed E-state index contributed by atoms with van der Waals surface area (Å²) in [6, 6.07) is 4.00. The third-order valence-corrected chi connectivity index (χ3v) is 5.20. The van der Waals surface area contributed by atoms with Gasteiger partial charge in [0.05, 0.1) is 24.9 Å². The molecule has 0 radical (unpaired) electrons. The lowest BCUT2D eigenvalue weighted by Gasteiger charge is -2.39. The summed E-state index contributed by atoms with van der Waals surface area (Å²) in [6.07, 6.45) is 6.68. The number of ether oxygens (including phenoxy) is 2. The zero-order valence-electron chi connectivity index (χ0n) is 13.0. The number of thiophene rings is 1. The molecular weight excluding hydrogens is 298 g/mol. The van der Waals surface area contributed by atoms with Gasteiger partial charge in [0.15, 0.2) is 0 Å². The maximum atomic E-state index is 12.4. The first-order chi connectivity index (χ1) is 10.7. The zero-order chi connectivity index (χ0) is 15.4. The number of rotatable bonds is 4. The zero-order valence-corrected chi connectivity index (χ0v) is 13.8. The van der Waals surface area contributed by atoms with Crippen molar-refractivity contribution in [2.45, 2.75) is 37.9 Å². The van der Waals surface area contributed by atoms with E-state index in [4.69, 9.17) is 9.47 Å². The van der Waals surface area contributed by atoms with Gasteiger partial charge in [-0.1, -0.05) is 6.07 Å². The van der Waals surface area contributed by atoms with Gasteiger partial charge in [0, 0.05) is 30.5 Å². The summed E-state index contributed by atoms with van der Waals surface area (Å²) in [4.78, 5) is 15.4. The smallest absolute Gasteiger partial charge is 0.246 e. The van der Waals surface area contributed by atoms with E-state index in [9.17, 15) is 4.79 Å². The minimum atomic E-state index is -0.190. The molecule has 120 valence electrons. The minimum absolute atomic E-state index is 0.0796. The van der Waals surface area contributed by atoms with Crippen LogP contribution in [-0.2, 0) is 14.3 Å². The quantitative estimate of drug-likeness (QED) is 0.800. The number of carbonyl (C=O) groups excluding carboxylic acids is 1. The highest BCUT2D eigenvalue weighted by Crippen LogP contribution is 2.35. The van der Waals surface area contributed by atoms with Crippen molar-refractivity contribution in [2.24, 2.45) is 0 Å². The van der Waals surface area contributed by atoms with Crippen LogP contribution in [0.5, 0.6) is 0 Å². The molecule has 0 unspecified atom stereocenters. The van der Waals surface area contributed by atoms with Gasteiger partial charge in [-0.2, -0.15) is 0 Å². The number of hydrogen-bond acceptors (Lipinski definition) is 4. The summed E-state index contributed by atoms with van der Waals surface area (Å²) in [5.41, 5.74) is -0.190. The molecule has 4 nitrogen and oxygen atoms in total. The van der Waals surface area contributed by atoms with Gasteiger partial charge in [0.25, 0.3) is 0 Å². The fraction of sp³-hybridized carbons (Fsp3) is 0.588. The SMILES string of the molecule is CCO[C@@H]1CO[C@@]2(CCCN(C(=O)/C=C/c3cccs3)C2)C1. The summed E-state index contributed by atoms with van der Waals surface area (Å²) >= 11 is 1.64. The molecule has 2 aliphatic heterocycles. The van der Waals surface area contributed by atoms with Crippen molar-refractivity contribution in [2.75, 3.05) is 26.3 Å². The van der Waals surface area contributed by atoms with Crippen LogP contribution in [0.1, 0.15) is 31.1 Å². The lowest BCUT2D eigenvalue weighted by Crippen LogP contribution is -2.49. The number of hydrogen-bond donors (Lipinski definition) is 0. The van der Waals surface area contributed by atoms with Crippen LogP contribution in [0.25, 0.3) is 6.08 Å². The van der Waals surface area contributed by atoms with Gasteiger partial charge in [0.1, 0.15) is 0 Å².